The summed E-state index contributed by atoms with van der Waals surface area (Å²) in [4.78, 5) is 7.58. The fourth-order valence-corrected chi connectivity index (χ4v) is 0.545. The first kappa shape index (κ1) is 10.4. The molecule has 0 aliphatic rings. The largest absolute Gasteiger partial charge is 0.382 e. The maximum Gasteiger partial charge on any atom is 0.159 e. The molecule has 0 radical (unpaired) electrons. The maximum atomic E-state index is 8.36. The summed E-state index contributed by atoms with van der Waals surface area (Å²) in [6.45, 7) is 5.71. The highest BCUT2D eigenvalue weighted by Gasteiger charge is 1.96. The van der Waals surface area contributed by atoms with Gasteiger partial charge in [0.15, 0.2) is 5.69 Å². The van der Waals surface area contributed by atoms with Crippen LogP contribution >= 0.6 is 0 Å². The molecule has 0 saturated carbocycles. The molecule has 0 amide bonds. The van der Waals surface area contributed by atoms with E-state index in [1.165, 1.54) is 6.20 Å². The van der Waals surface area contributed by atoms with Crippen LogP contribution in [0.4, 0.5) is 5.82 Å². The molecular weight excluding hydrogens is 152 g/mol. The van der Waals surface area contributed by atoms with E-state index in [0.717, 1.165) is 0 Å². The van der Waals surface area contributed by atoms with Gasteiger partial charge in [-0.05, 0) is 6.92 Å². The van der Waals surface area contributed by atoms with Gasteiger partial charge in [-0.15, -0.1) is 0 Å². The Labute approximate surface area is 72.1 Å². The zero-order valence-corrected chi connectivity index (χ0v) is 7.50. The predicted molar refractivity (Wildman–Crippen MR) is 47.2 cm³/mol. The van der Waals surface area contributed by atoms with E-state index in [4.69, 9.17) is 11.0 Å². The van der Waals surface area contributed by atoms with Crippen molar-refractivity contribution in [3.05, 3.63) is 17.6 Å². The van der Waals surface area contributed by atoms with Crippen LogP contribution in [-0.2, 0) is 0 Å². The lowest BCUT2D eigenvalue weighted by molar-refractivity contribution is 1.10. The van der Waals surface area contributed by atoms with Crippen LogP contribution in [0.2, 0.25) is 0 Å². The number of nitrogens with two attached hydrogens (primary N) is 1. The molecule has 4 nitrogen and oxygen atoms in total. The summed E-state index contributed by atoms with van der Waals surface area (Å²) in [6, 6.07) is 1.87. The monoisotopic (exact) mass is 164 g/mol. The third-order valence-electron chi connectivity index (χ3n) is 1.10. The molecule has 0 aliphatic carbocycles. The molecule has 0 atom stereocenters. The highest BCUT2D eigenvalue weighted by molar-refractivity contribution is 5.35. The molecule has 1 heterocycles. The predicted octanol–water partition coefficient (Wildman–Crippen LogP) is 1.27. The van der Waals surface area contributed by atoms with Crippen molar-refractivity contribution in [2.45, 2.75) is 20.8 Å². The lowest BCUT2D eigenvalue weighted by Gasteiger charge is -1.94. The van der Waals surface area contributed by atoms with Crippen LogP contribution in [0.5, 0.6) is 0 Å². The van der Waals surface area contributed by atoms with Crippen molar-refractivity contribution < 1.29 is 0 Å². The smallest absolute Gasteiger partial charge is 0.159 e. The van der Waals surface area contributed by atoms with Gasteiger partial charge in [0, 0.05) is 0 Å². The molecule has 0 spiro atoms. The summed E-state index contributed by atoms with van der Waals surface area (Å²) in [6.07, 6.45) is 1.35. The van der Waals surface area contributed by atoms with Crippen molar-refractivity contribution in [2.24, 2.45) is 0 Å². The number of rotatable bonds is 0. The number of anilines is 1. The minimum Gasteiger partial charge on any atom is -0.382 e. The third-order valence-corrected chi connectivity index (χ3v) is 1.10. The second kappa shape index (κ2) is 5.08. The Morgan fingerprint density at radius 1 is 1.50 bits per heavy atom. The number of nitriles is 1. The zero-order chi connectivity index (χ0) is 9.56. The summed E-state index contributed by atoms with van der Waals surface area (Å²) >= 11 is 0. The molecule has 0 bridgehead atoms. The summed E-state index contributed by atoms with van der Waals surface area (Å²) in [5.74, 6) is 0.374. The van der Waals surface area contributed by atoms with Gasteiger partial charge in [0.25, 0.3) is 0 Å². The van der Waals surface area contributed by atoms with Crippen molar-refractivity contribution in [1.29, 1.82) is 5.26 Å². The Bertz CT molecular complexity index is 288. The summed E-state index contributed by atoms with van der Waals surface area (Å²) in [5.41, 5.74) is 6.25. The molecule has 4 heteroatoms. The van der Waals surface area contributed by atoms with E-state index in [2.05, 4.69) is 9.97 Å². The van der Waals surface area contributed by atoms with Crippen molar-refractivity contribution in [3.8, 4) is 6.07 Å². The molecule has 64 valence electrons. The average molecular weight is 164 g/mol. The second-order valence-electron chi connectivity index (χ2n) is 1.84. The number of hydrogen-bond acceptors (Lipinski definition) is 4. The molecule has 1 rings (SSSR count). The Morgan fingerprint density at radius 2 is 2.08 bits per heavy atom. The fraction of sp³-hybridized carbons (Fsp3) is 0.375. The van der Waals surface area contributed by atoms with E-state index in [1.54, 1.807) is 6.92 Å². The second-order valence-corrected chi connectivity index (χ2v) is 1.84. The van der Waals surface area contributed by atoms with Crippen molar-refractivity contribution in [1.82, 2.24) is 9.97 Å². The van der Waals surface area contributed by atoms with Gasteiger partial charge < -0.3 is 5.73 Å². The number of nitrogen functional groups attached to an aromatic ring is 1. The van der Waals surface area contributed by atoms with Gasteiger partial charge in [-0.2, -0.15) is 5.26 Å². The van der Waals surface area contributed by atoms with Crippen LogP contribution < -0.4 is 5.73 Å². The number of aromatic nitrogens is 2. The quantitative estimate of drug-likeness (QED) is 0.626. The minimum absolute atomic E-state index is 0.298. The lowest BCUT2D eigenvalue weighted by atomic mass is 10.4. The van der Waals surface area contributed by atoms with Gasteiger partial charge in [-0.1, -0.05) is 13.8 Å². The Balaban J connectivity index is 0.000000561. The first-order valence-corrected chi connectivity index (χ1v) is 3.73. The van der Waals surface area contributed by atoms with Gasteiger partial charge in [-0.3, -0.25) is 0 Å². The molecule has 0 fully saturated rings. The average Bonchev–Trinajstić information content (AvgIpc) is 2.13. The van der Waals surface area contributed by atoms with E-state index in [-0.39, 0.29) is 0 Å². The highest BCUT2D eigenvalue weighted by Crippen LogP contribution is 2.01. The van der Waals surface area contributed by atoms with Crippen molar-refractivity contribution in [2.75, 3.05) is 5.73 Å². The maximum absolute atomic E-state index is 8.36. The fourth-order valence-electron chi connectivity index (χ4n) is 0.545. The van der Waals surface area contributed by atoms with Crippen LogP contribution in [0.25, 0.3) is 0 Å². The minimum atomic E-state index is 0.298. The van der Waals surface area contributed by atoms with E-state index in [0.29, 0.717) is 17.2 Å². The van der Waals surface area contributed by atoms with E-state index >= 15 is 0 Å². The molecule has 12 heavy (non-hydrogen) atoms. The topological polar surface area (TPSA) is 75.6 Å². The van der Waals surface area contributed by atoms with Gasteiger partial charge in [0.2, 0.25) is 0 Å². The normalized spacial score (nSPS) is 7.83. The zero-order valence-electron chi connectivity index (χ0n) is 7.50. The van der Waals surface area contributed by atoms with Gasteiger partial charge >= 0.3 is 0 Å². The third kappa shape index (κ3) is 2.54. The number of aryl methyl sites for hydroxylation is 1. The van der Waals surface area contributed by atoms with E-state index in [1.807, 2.05) is 19.9 Å². The highest BCUT2D eigenvalue weighted by atomic mass is 14.9. The summed E-state index contributed by atoms with van der Waals surface area (Å²) in [7, 11) is 0. The van der Waals surface area contributed by atoms with Crippen molar-refractivity contribution in [3.63, 3.8) is 0 Å². The standard InChI is InChI=1S/C6H6N4.C2H6/c1-4-6(8)9-3-5(2-7)10-4;1-2/h3H,1H3,(H2,8,9);1-2H3. The molecular formula is C8H12N4. The van der Waals surface area contributed by atoms with Crippen LogP contribution in [0.1, 0.15) is 25.2 Å². The SMILES string of the molecule is CC.Cc1nc(C#N)cnc1N. The van der Waals surface area contributed by atoms with E-state index in [9.17, 15) is 0 Å². The molecule has 2 N–H and O–H groups in total. The van der Waals surface area contributed by atoms with Crippen LogP contribution in [0.15, 0.2) is 6.20 Å². The lowest BCUT2D eigenvalue weighted by Crippen LogP contribution is -1.97. The number of nitrogens with zero attached hydrogens (tertiary/aromatic N) is 3. The molecule has 0 aliphatic heterocycles. The molecule has 0 aromatic carbocycles. The molecule has 1 aromatic rings. The van der Waals surface area contributed by atoms with Crippen molar-refractivity contribution >= 4 is 5.82 Å². The van der Waals surface area contributed by atoms with E-state index < -0.39 is 0 Å². The van der Waals surface area contributed by atoms with Gasteiger partial charge in [-0.25, -0.2) is 9.97 Å². The Hall–Kier alpha value is -1.63. The van der Waals surface area contributed by atoms with Crippen LogP contribution in [0.3, 0.4) is 0 Å². The summed E-state index contributed by atoms with van der Waals surface area (Å²) < 4.78 is 0. The Kier molecular flexibility index (Phi) is 4.39. The molecule has 0 unspecified atom stereocenters. The number of hydrogen-bond donors (Lipinski definition) is 1. The molecule has 1 aromatic heterocycles. The first-order chi connectivity index (χ1) is 5.74. The van der Waals surface area contributed by atoms with Crippen LogP contribution in [0, 0.1) is 18.3 Å². The molecule has 0 saturated heterocycles. The Morgan fingerprint density at radius 3 is 2.50 bits per heavy atom. The van der Waals surface area contributed by atoms with Crippen LogP contribution in [-0.4, -0.2) is 9.97 Å². The van der Waals surface area contributed by atoms with Gasteiger partial charge in [0.1, 0.15) is 11.9 Å². The summed E-state index contributed by atoms with van der Waals surface area (Å²) in [5, 5.41) is 8.36. The van der Waals surface area contributed by atoms with Gasteiger partial charge in [0.05, 0.1) is 11.9 Å². The first-order valence-electron chi connectivity index (χ1n) is 3.73.